The van der Waals surface area contributed by atoms with Gasteiger partial charge in [-0.3, -0.25) is 9.59 Å². The molecule has 4 rings (SSSR count). The first-order valence-corrected chi connectivity index (χ1v) is 13.3. The molecule has 0 aliphatic heterocycles. The molecule has 1 heterocycles. The topological polar surface area (TPSA) is 80.3 Å². The summed E-state index contributed by atoms with van der Waals surface area (Å²) in [6.45, 7) is 1.96. The minimum Gasteiger partial charge on any atom is -0.497 e. The van der Waals surface area contributed by atoms with Crippen molar-refractivity contribution >= 4 is 57.3 Å². The van der Waals surface area contributed by atoms with Crippen molar-refractivity contribution in [2.45, 2.75) is 23.5 Å². The number of hydrogen-bond acceptors (Lipinski definition) is 6. The van der Waals surface area contributed by atoms with Crippen LogP contribution in [-0.4, -0.2) is 29.2 Å². The molecule has 4 aromatic rings. The lowest BCUT2D eigenvalue weighted by atomic mass is 10.2. The van der Waals surface area contributed by atoms with Crippen LogP contribution in [0.2, 0.25) is 5.02 Å². The number of halogens is 1. The van der Waals surface area contributed by atoms with E-state index in [1.54, 1.807) is 31.4 Å². The molecule has 184 valence electrons. The van der Waals surface area contributed by atoms with E-state index in [0.29, 0.717) is 27.8 Å². The van der Waals surface area contributed by atoms with E-state index in [1.807, 2.05) is 60.8 Å². The number of ether oxygens (including phenoxy) is 1. The number of nitrogens with one attached hydrogen (secondary N) is 2. The number of rotatable bonds is 9. The number of amides is 2. The van der Waals surface area contributed by atoms with Gasteiger partial charge >= 0.3 is 0 Å². The monoisotopic (exact) mass is 537 g/mol. The molecule has 36 heavy (non-hydrogen) atoms. The molecule has 1 atom stereocenters. The highest BCUT2D eigenvalue weighted by atomic mass is 35.5. The number of carbonyl (C=O) groups excluding carboxylic acids is 2. The van der Waals surface area contributed by atoms with Gasteiger partial charge in [-0.1, -0.05) is 30.7 Å². The molecular formula is C27H24ClN3O3S2. The van der Waals surface area contributed by atoms with Crippen LogP contribution in [0.25, 0.3) is 11.3 Å². The number of thioether (sulfide) groups is 1. The standard InChI is InChI=1S/C27H24ClN3O3S2/c1-3-24(26(33)31-27-30-23(16-35-27)17-10-12-21(34-2)13-11-17)36-22-9-5-8-20(15-22)29-25(32)18-6-4-7-19(28)14-18/h4-16,24H,3H2,1-2H3,(H,29,32)(H,30,31,33). The van der Waals surface area contributed by atoms with E-state index in [0.717, 1.165) is 21.9 Å². The zero-order valence-electron chi connectivity index (χ0n) is 19.7. The van der Waals surface area contributed by atoms with Gasteiger partial charge in [0.1, 0.15) is 5.75 Å². The quantitative estimate of drug-likeness (QED) is 0.220. The van der Waals surface area contributed by atoms with Crippen LogP contribution >= 0.6 is 34.7 Å². The van der Waals surface area contributed by atoms with Gasteiger partial charge in [-0.2, -0.15) is 0 Å². The first-order valence-electron chi connectivity index (χ1n) is 11.2. The molecule has 6 nitrogen and oxygen atoms in total. The van der Waals surface area contributed by atoms with Gasteiger partial charge < -0.3 is 15.4 Å². The highest BCUT2D eigenvalue weighted by Gasteiger charge is 2.20. The molecule has 1 unspecified atom stereocenters. The van der Waals surface area contributed by atoms with Crippen LogP contribution in [0.4, 0.5) is 10.8 Å². The average molecular weight is 538 g/mol. The predicted octanol–water partition coefficient (Wildman–Crippen LogP) is 7.23. The maximum absolute atomic E-state index is 13.0. The van der Waals surface area contributed by atoms with E-state index in [2.05, 4.69) is 15.6 Å². The molecule has 0 radical (unpaired) electrons. The number of anilines is 2. The summed E-state index contributed by atoms with van der Waals surface area (Å²) < 4.78 is 5.20. The highest BCUT2D eigenvalue weighted by molar-refractivity contribution is 8.00. The van der Waals surface area contributed by atoms with Crippen molar-refractivity contribution in [2.24, 2.45) is 0 Å². The van der Waals surface area contributed by atoms with Crippen molar-refractivity contribution in [1.29, 1.82) is 0 Å². The highest BCUT2D eigenvalue weighted by Crippen LogP contribution is 2.30. The number of nitrogens with zero attached hydrogens (tertiary/aromatic N) is 1. The molecule has 0 spiro atoms. The average Bonchev–Trinajstić information content (AvgIpc) is 3.36. The van der Waals surface area contributed by atoms with Crippen LogP contribution in [0.15, 0.2) is 83.1 Å². The Morgan fingerprint density at radius 2 is 1.83 bits per heavy atom. The molecular weight excluding hydrogens is 514 g/mol. The lowest BCUT2D eigenvalue weighted by Crippen LogP contribution is -2.24. The van der Waals surface area contributed by atoms with Gasteiger partial charge in [0.05, 0.1) is 18.1 Å². The third kappa shape index (κ3) is 6.66. The summed E-state index contributed by atoms with van der Waals surface area (Å²) in [5.41, 5.74) is 2.86. The lowest BCUT2D eigenvalue weighted by Gasteiger charge is -2.14. The minimum atomic E-state index is -0.322. The van der Waals surface area contributed by atoms with Crippen molar-refractivity contribution in [1.82, 2.24) is 4.98 Å². The summed E-state index contributed by atoms with van der Waals surface area (Å²) in [4.78, 5) is 31.0. The largest absolute Gasteiger partial charge is 0.497 e. The summed E-state index contributed by atoms with van der Waals surface area (Å²) >= 11 is 8.82. The Kier molecular flexibility index (Phi) is 8.64. The van der Waals surface area contributed by atoms with Crippen molar-refractivity contribution in [3.63, 3.8) is 0 Å². The molecule has 0 saturated carbocycles. The third-order valence-corrected chi connectivity index (χ3v) is 7.59. The second kappa shape index (κ2) is 12.1. The number of aromatic nitrogens is 1. The van der Waals surface area contributed by atoms with Gasteiger partial charge in [0.25, 0.3) is 5.91 Å². The first-order chi connectivity index (χ1) is 17.4. The SMILES string of the molecule is CCC(Sc1cccc(NC(=O)c2cccc(Cl)c2)c1)C(=O)Nc1nc(-c2ccc(OC)cc2)cs1. The van der Waals surface area contributed by atoms with Crippen LogP contribution in [0.5, 0.6) is 5.75 Å². The van der Waals surface area contributed by atoms with Crippen molar-refractivity contribution in [3.8, 4) is 17.0 Å². The van der Waals surface area contributed by atoms with E-state index < -0.39 is 0 Å². The summed E-state index contributed by atoms with van der Waals surface area (Å²) in [5, 5.41) is 8.47. The third-order valence-electron chi connectivity index (χ3n) is 5.24. The lowest BCUT2D eigenvalue weighted by molar-refractivity contribution is -0.115. The number of methoxy groups -OCH3 is 1. The predicted molar refractivity (Wildman–Crippen MR) is 149 cm³/mol. The Hall–Kier alpha value is -3.33. The molecule has 1 aromatic heterocycles. The van der Waals surface area contributed by atoms with Crippen LogP contribution in [0.1, 0.15) is 23.7 Å². The molecule has 0 aliphatic carbocycles. The van der Waals surface area contributed by atoms with Gasteiger partial charge in [-0.05, 0) is 67.1 Å². The van der Waals surface area contributed by atoms with Crippen LogP contribution in [0, 0.1) is 0 Å². The second-order valence-corrected chi connectivity index (χ2v) is 10.3. The van der Waals surface area contributed by atoms with E-state index >= 15 is 0 Å². The summed E-state index contributed by atoms with van der Waals surface area (Å²) in [6, 6.07) is 21.8. The van der Waals surface area contributed by atoms with E-state index in [1.165, 1.54) is 23.1 Å². The number of thiazole rings is 1. The van der Waals surface area contributed by atoms with Gasteiger partial charge in [0.15, 0.2) is 5.13 Å². The molecule has 0 aliphatic rings. The van der Waals surface area contributed by atoms with Crippen molar-refractivity contribution in [3.05, 3.63) is 88.8 Å². The number of hydrogen-bond donors (Lipinski definition) is 2. The Morgan fingerprint density at radius 1 is 1.06 bits per heavy atom. The van der Waals surface area contributed by atoms with Crippen LogP contribution in [0.3, 0.4) is 0 Å². The number of carbonyl (C=O) groups is 2. The maximum atomic E-state index is 13.0. The smallest absolute Gasteiger partial charge is 0.255 e. The summed E-state index contributed by atoms with van der Waals surface area (Å²) in [6.07, 6.45) is 0.631. The fraction of sp³-hybridized carbons (Fsp3) is 0.148. The Balaban J connectivity index is 1.39. The van der Waals surface area contributed by atoms with E-state index in [-0.39, 0.29) is 17.1 Å². The van der Waals surface area contributed by atoms with Crippen LogP contribution < -0.4 is 15.4 Å². The first kappa shape index (κ1) is 25.8. The maximum Gasteiger partial charge on any atom is 0.255 e. The van der Waals surface area contributed by atoms with E-state index in [4.69, 9.17) is 16.3 Å². The van der Waals surface area contributed by atoms with E-state index in [9.17, 15) is 9.59 Å². The Bertz CT molecular complexity index is 1360. The van der Waals surface area contributed by atoms with Gasteiger partial charge in [-0.25, -0.2) is 4.98 Å². The summed E-state index contributed by atoms with van der Waals surface area (Å²) in [5.74, 6) is 0.408. The second-order valence-electron chi connectivity index (χ2n) is 7.76. The van der Waals surface area contributed by atoms with Crippen molar-refractivity contribution in [2.75, 3.05) is 17.7 Å². The minimum absolute atomic E-state index is 0.119. The Labute approximate surface area is 223 Å². The Morgan fingerprint density at radius 3 is 2.56 bits per heavy atom. The van der Waals surface area contributed by atoms with Crippen molar-refractivity contribution < 1.29 is 14.3 Å². The zero-order chi connectivity index (χ0) is 25.5. The zero-order valence-corrected chi connectivity index (χ0v) is 22.0. The molecule has 2 N–H and O–H groups in total. The molecule has 2 amide bonds. The summed E-state index contributed by atoms with van der Waals surface area (Å²) in [7, 11) is 1.63. The number of benzene rings is 3. The van der Waals surface area contributed by atoms with Crippen LogP contribution in [-0.2, 0) is 4.79 Å². The molecule has 0 bridgehead atoms. The fourth-order valence-electron chi connectivity index (χ4n) is 3.38. The molecule has 0 fully saturated rings. The van der Waals surface area contributed by atoms with Gasteiger partial charge in [0.2, 0.25) is 5.91 Å². The fourth-order valence-corrected chi connectivity index (χ4v) is 5.30. The molecule has 3 aromatic carbocycles. The molecule has 9 heteroatoms. The van der Waals surface area contributed by atoms with Gasteiger partial charge in [-0.15, -0.1) is 23.1 Å². The van der Waals surface area contributed by atoms with Gasteiger partial charge in [0, 0.05) is 32.1 Å². The molecule has 0 saturated heterocycles. The normalized spacial score (nSPS) is 11.5.